The van der Waals surface area contributed by atoms with Crippen LogP contribution in [0.2, 0.25) is 0 Å². The average molecular weight is 311 g/mol. The Balaban J connectivity index is 1.90. The summed E-state index contributed by atoms with van der Waals surface area (Å²) in [6.07, 6.45) is 1.35. The Morgan fingerprint density at radius 1 is 1.22 bits per heavy atom. The van der Waals surface area contributed by atoms with Gasteiger partial charge in [0.1, 0.15) is 0 Å². The zero-order valence-electron chi connectivity index (χ0n) is 9.43. The summed E-state index contributed by atoms with van der Waals surface area (Å²) in [5, 5.41) is 8.85. The molecule has 0 saturated heterocycles. The van der Waals surface area contributed by atoms with Crippen molar-refractivity contribution in [3.8, 4) is 0 Å². The van der Waals surface area contributed by atoms with E-state index in [2.05, 4.69) is 15.9 Å². The Morgan fingerprint density at radius 2 is 1.94 bits per heavy atom. The third kappa shape index (κ3) is 3.21. The van der Waals surface area contributed by atoms with Crippen LogP contribution in [0.4, 0.5) is 0 Å². The van der Waals surface area contributed by atoms with Crippen LogP contribution in [-0.2, 0) is 18.0 Å². The van der Waals surface area contributed by atoms with Crippen molar-refractivity contribution in [1.82, 2.24) is 0 Å². The third-order valence-electron chi connectivity index (χ3n) is 2.38. The van der Waals surface area contributed by atoms with Crippen LogP contribution in [0.25, 0.3) is 0 Å². The van der Waals surface area contributed by atoms with Gasteiger partial charge in [-0.3, -0.25) is 0 Å². The van der Waals surface area contributed by atoms with Crippen molar-refractivity contribution in [2.24, 2.45) is 0 Å². The lowest BCUT2D eigenvalue weighted by Crippen LogP contribution is -2.01. The van der Waals surface area contributed by atoms with Crippen LogP contribution in [0.15, 0.2) is 45.5 Å². The molecular weight excluding hydrogens is 300 g/mol. The maximum atomic E-state index is 10.8. The monoisotopic (exact) mass is 310 g/mol. The minimum Gasteiger partial charge on any atom is -0.475 e. The van der Waals surface area contributed by atoms with E-state index in [9.17, 15) is 4.79 Å². The Hall–Kier alpha value is -1.59. The Morgan fingerprint density at radius 3 is 2.61 bits per heavy atom. The largest absolute Gasteiger partial charge is 0.475 e. The number of hydrogen-bond acceptors (Lipinski definition) is 3. The SMILES string of the molecule is O=C(O)c1occc1COCc1ccc(Br)cc1. The number of carboxylic acid groups (broad SMARTS) is 1. The van der Waals surface area contributed by atoms with Gasteiger partial charge in [0.15, 0.2) is 0 Å². The molecule has 4 nitrogen and oxygen atoms in total. The van der Waals surface area contributed by atoms with E-state index in [-0.39, 0.29) is 12.4 Å². The number of halogens is 1. The molecule has 0 spiro atoms. The van der Waals surface area contributed by atoms with E-state index in [1.165, 1.54) is 6.26 Å². The number of carbonyl (C=O) groups is 1. The Labute approximate surface area is 112 Å². The number of ether oxygens (including phenoxy) is 1. The van der Waals surface area contributed by atoms with Gasteiger partial charge < -0.3 is 14.3 Å². The molecule has 18 heavy (non-hydrogen) atoms. The Bertz CT molecular complexity index is 530. The average Bonchev–Trinajstić information content (AvgIpc) is 2.80. The summed E-state index contributed by atoms with van der Waals surface area (Å²) in [6.45, 7) is 0.645. The molecule has 1 aromatic heterocycles. The number of carboxylic acids is 1. The van der Waals surface area contributed by atoms with Crippen molar-refractivity contribution in [2.45, 2.75) is 13.2 Å². The van der Waals surface area contributed by atoms with Crippen molar-refractivity contribution >= 4 is 21.9 Å². The van der Waals surface area contributed by atoms with Gasteiger partial charge >= 0.3 is 5.97 Å². The number of rotatable bonds is 5. The van der Waals surface area contributed by atoms with Crippen LogP contribution in [0.1, 0.15) is 21.7 Å². The predicted octanol–water partition coefficient (Wildman–Crippen LogP) is 3.46. The van der Waals surface area contributed by atoms with Crippen molar-refractivity contribution in [2.75, 3.05) is 0 Å². The van der Waals surface area contributed by atoms with E-state index in [4.69, 9.17) is 14.3 Å². The van der Waals surface area contributed by atoms with Gasteiger partial charge in [0.2, 0.25) is 5.76 Å². The van der Waals surface area contributed by atoms with E-state index in [1.54, 1.807) is 6.07 Å². The first-order chi connectivity index (χ1) is 8.66. The normalized spacial score (nSPS) is 10.5. The lowest BCUT2D eigenvalue weighted by molar-refractivity contribution is 0.0646. The van der Waals surface area contributed by atoms with Crippen molar-refractivity contribution in [1.29, 1.82) is 0 Å². The van der Waals surface area contributed by atoms with E-state index in [0.29, 0.717) is 12.2 Å². The maximum absolute atomic E-state index is 10.8. The molecular formula is C13H11BrO4. The minimum absolute atomic E-state index is 0.0641. The molecule has 1 aromatic carbocycles. The number of benzene rings is 1. The van der Waals surface area contributed by atoms with E-state index in [1.807, 2.05) is 24.3 Å². The molecule has 5 heteroatoms. The first kappa shape index (κ1) is 12.9. The Kier molecular flexibility index (Phi) is 4.17. The summed E-state index contributed by atoms with van der Waals surface area (Å²) in [7, 11) is 0. The smallest absolute Gasteiger partial charge is 0.372 e. The highest BCUT2D eigenvalue weighted by atomic mass is 79.9. The molecule has 1 N–H and O–H groups in total. The number of hydrogen-bond donors (Lipinski definition) is 1. The highest BCUT2D eigenvalue weighted by Gasteiger charge is 2.13. The standard InChI is InChI=1S/C13H11BrO4/c14-11-3-1-9(2-4-11)7-17-8-10-5-6-18-12(10)13(15)16/h1-6H,7-8H2,(H,15,16). The lowest BCUT2D eigenvalue weighted by Gasteiger charge is -2.03. The maximum Gasteiger partial charge on any atom is 0.372 e. The summed E-state index contributed by atoms with van der Waals surface area (Å²) in [4.78, 5) is 10.8. The van der Waals surface area contributed by atoms with E-state index in [0.717, 1.165) is 10.0 Å². The van der Waals surface area contributed by atoms with Crippen molar-refractivity contribution < 1.29 is 19.1 Å². The predicted molar refractivity (Wildman–Crippen MR) is 68.3 cm³/mol. The molecule has 0 atom stereocenters. The van der Waals surface area contributed by atoms with Crippen LogP contribution in [-0.4, -0.2) is 11.1 Å². The molecule has 0 saturated carbocycles. The molecule has 0 fully saturated rings. The second kappa shape index (κ2) is 5.84. The molecule has 94 valence electrons. The van der Waals surface area contributed by atoms with Gasteiger partial charge in [-0.1, -0.05) is 28.1 Å². The first-order valence-corrected chi connectivity index (χ1v) is 6.08. The highest BCUT2D eigenvalue weighted by molar-refractivity contribution is 9.10. The highest BCUT2D eigenvalue weighted by Crippen LogP contribution is 2.14. The molecule has 1 heterocycles. The van der Waals surface area contributed by atoms with Crippen LogP contribution < -0.4 is 0 Å². The molecule has 0 aliphatic heterocycles. The van der Waals surface area contributed by atoms with Gasteiger partial charge in [0, 0.05) is 10.0 Å². The van der Waals surface area contributed by atoms with Gasteiger partial charge in [0.25, 0.3) is 0 Å². The van der Waals surface area contributed by atoms with Gasteiger partial charge in [0.05, 0.1) is 19.5 Å². The fourth-order valence-corrected chi connectivity index (χ4v) is 1.76. The first-order valence-electron chi connectivity index (χ1n) is 5.28. The lowest BCUT2D eigenvalue weighted by atomic mass is 10.2. The van der Waals surface area contributed by atoms with Crippen LogP contribution >= 0.6 is 15.9 Å². The van der Waals surface area contributed by atoms with Crippen molar-refractivity contribution in [3.05, 3.63) is 58.0 Å². The van der Waals surface area contributed by atoms with Gasteiger partial charge in [-0.05, 0) is 23.8 Å². The fourth-order valence-electron chi connectivity index (χ4n) is 1.50. The quantitative estimate of drug-likeness (QED) is 0.918. The third-order valence-corrected chi connectivity index (χ3v) is 2.91. The summed E-state index contributed by atoms with van der Waals surface area (Å²) < 4.78 is 11.3. The number of aromatic carboxylic acids is 1. The van der Waals surface area contributed by atoms with Gasteiger partial charge in [-0.2, -0.15) is 0 Å². The van der Waals surface area contributed by atoms with Crippen molar-refractivity contribution in [3.63, 3.8) is 0 Å². The van der Waals surface area contributed by atoms with Crippen LogP contribution in [0.5, 0.6) is 0 Å². The second-order valence-electron chi connectivity index (χ2n) is 3.70. The minimum atomic E-state index is -1.08. The molecule has 0 bridgehead atoms. The van der Waals surface area contributed by atoms with E-state index < -0.39 is 5.97 Å². The summed E-state index contributed by atoms with van der Waals surface area (Å²) in [5.41, 5.74) is 1.57. The fraction of sp³-hybridized carbons (Fsp3) is 0.154. The van der Waals surface area contributed by atoms with Gasteiger partial charge in [-0.15, -0.1) is 0 Å². The summed E-state index contributed by atoms with van der Waals surface area (Å²) >= 11 is 3.35. The molecule has 0 unspecified atom stereocenters. The van der Waals surface area contributed by atoms with Crippen LogP contribution in [0.3, 0.4) is 0 Å². The number of furan rings is 1. The molecule has 0 aliphatic carbocycles. The van der Waals surface area contributed by atoms with Gasteiger partial charge in [-0.25, -0.2) is 4.79 Å². The van der Waals surface area contributed by atoms with Crippen LogP contribution in [0, 0.1) is 0 Å². The molecule has 0 aliphatic rings. The molecule has 0 radical (unpaired) electrons. The molecule has 2 aromatic rings. The zero-order chi connectivity index (χ0) is 13.0. The summed E-state index contributed by atoms with van der Waals surface area (Å²) in [5.74, 6) is -1.15. The topological polar surface area (TPSA) is 59.7 Å². The van der Waals surface area contributed by atoms with E-state index >= 15 is 0 Å². The second-order valence-corrected chi connectivity index (χ2v) is 4.62. The molecule has 0 amide bonds. The molecule has 2 rings (SSSR count). The zero-order valence-corrected chi connectivity index (χ0v) is 11.0. The summed E-state index contributed by atoms with van der Waals surface area (Å²) in [6, 6.07) is 9.35.